The van der Waals surface area contributed by atoms with Crippen molar-refractivity contribution >= 4 is 36.4 Å². The number of amides is 2. The molecule has 5 aliphatic rings. The van der Waals surface area contributed by atoms with Gasteiger partial charge in [-0.15, -0.1) is 0 Å². The van der Waals surface area contributed by atoms with Gasteiger partial charge in [0.15, 0.2) is 5.96 Å². The highest BCUT2D eigenvalue weighted by Crippen LogP contribution is 2.23. The number of hydrogen-bond donors (Lipinski definition) is 6. The molecule has 5 rings (SSSR count). The summed E-state index contributed by atoms with van der Waals surface area (Å²) in [4.78, 5) is 32.6. The number of carbonyl (C=O) groups is 2. The third-order valence-corrected chi connectivity index (χ3v) is 3.81. The van der Waals surface area contributed by atoms with E-state index in [9.17, 15) is 9.59 Å². The highest BCUT2D eigenvalue weighted by Gasteiger charge is 2.18. The quantitative estimate of drug-likeness (QED) is 0.310. The van der Waals surface area contributed by atoms with Crippen LogP contribution in [0.5, 0.6) is 0 Å². The van der Waals surface area contributed by atoms with E-state index < -0.39 is 0 Å². The molecule has 0 bridgehead atoms. The van der Waals surface area contributed by atoms with Gasteiger partial charge in [-0.25, -0.2) is 15.4 Å². The fraction of sp³-hybridized carbons (Fsp3) is 0.143. The second-order valence-electron chi connectivity index (χ2n) is 6.47. The van der Waals surface area contributed by atoms with Crippen LogP contribution in [0.2, 0.25) is 0 Å². The number of carbonyl (C=O) groups excluding carboxylic acids is 2. The summed E-state index contributed by atoms with van der Waals surface area (Å²) in [6.45, 7) is 10.8. The molecular weight excluding hydrogens is 424 g/mol. The third-order valence-electron chi connectivity index (χ3n) is 3.81. The van der Waals surface area contributed by atoms with E-state index >= 15 is 0 Å². The van der Waals surface area contributed by atoms with Gasteiger partial charge in [0.2, 0.25) is 5.91 Å². The van der Waals surface area contributed by atoms with Gasteiger partial charge in [-0.2, -0.15) is 5.10 Å². The zero-order valence-electron chi connectivity index (χ0n) is 18.0. The Morgan fingerprint density at radius 3 is 2.30 bits per heavy atom. The molecule has 0 saturated heterocycles. The van der Waals surface area contributed by atoms with Crippen LogP contribution in [0.3, 0.4) is 0 Å². The first-order valence-corrected chi connectivity index (χ1v) is 9.79. The zero-order valence-corrected chi connectivity index (χ0v) is 18.0. The maximum Gasteiger partial charge on any atom is 0.250 e. The normalized spacial score (nSPS) is 19.0. The van der Waals surface area contributed by atoms with Crippen LogP contribution >= 0.6 is 0 Å². The number of nitrogens with zero attached hydrogens (tertiary/aromatic N) is 4. The Bertz CT molecular complexity index is 1030. The van der Waals surface area contributed by atoms with Crippen LogP contribution in [0.1, 0.15) is 19.3 Å². The first-order chi connectivity index (χ1) is 15.8. The van der Waals surface area contributed by atoms with Crippen molar-refractivity contribution in [1.29, 1.82) is 0 Å². The molecule has 0 radical (unpaired) electrons. The summed E-state index contributed by atoms with van der Waals surface area (Å²) in [6.07, 6.45) is 13.9. The molecule has 5 heterocycles. The van der Waals surface area contributed by atoms with Crippen LogP contribution in [0, 0.1) is 0 Å². The topological polar surface area (TPSA) is 170 Å². The second kappa shape index (κ2) is 12.8. The number of allylic oxidation sites excluding steroid dienone is 2. The second-order valence-corrected chi connectivity index (χ2v) is 6.47. The summed E-state index contributed by atoms with van der Waals surface area (Å²) < 4.78 is 0. The van der Waals surface area contributed by atoms with Crippen LogP contribution in [0.15, 0.2) is 93.1 Å². The summed E-state index contributed by atoms with van der Waals surface area (Å²) in [6, 6.07) is 0. The Morgan fingerprint density at radius 1 is 1.00 bits per heavy atom. The van der Waals surface area contributed by atoms with Crippen LogP contribution in [0.25, 0.3) is 0 Å². The summed E-state index contributed by atoms with van der Waals surface area (Å²) in [5.74, 6) is 1.51. The Labute approximate surface area is 191 Å². The van der Waals surface area contributed by atoms with E-state index in [1.807, 2.05) is 6.08 Å². The molecule has 0 aromatic carbocycles. The van der Waals surface area contributed by atoms with Crippen molar-refractivity contribution in [3.8, 4) is 0 Å². The minimum Gasteiger partial charge on any atom is -0.369 e. The molecule has 33 heavy (non-hydrogen) atoms. The lowest BCUT2D eigenvalue weighted by Gasteiger charge is -2.13. The lowest BCUT2D eigenvalue weighted by molar-refractivity contribution is -0.121. The van der Waals surface area contributed by atoms with Gasteiger partial charge in [0.25, 0.3) is 5.91 Å². The molecule has 0 fully saturated rings. The number of nitrogens with one attached hydrogen (secondary N) is 5. The number of hydrogen-bond acceptors (Lipinski definition) is 10. The molecule has 172 valence electrons. The molecule has 5 aliphatic heterocycles. The van der Waals surface area contributed by atoms with Crippen LogP contribution in [0.4, 0.5) is 0 Å². The Morgan fingerprint density at radius 2 is 1.82 bits per heavy atom. The van der Waals surface area contributed by atoms with Crippen molar-refractivity contribution in [1.82, 2.24) is 26.7 Å². The van der Waals surface area contributed by atoms with Gasteiger partial charge in [-0.1, -0.05) is 19.7 Å². The van der Waals surface area contributed by atoms with Crippen molar-refractivity contribution in [2.45, 2.75) is 19.3 Å². The lowest BCUT2D eigenvalue weighted by atomic mass is 10.2. The van der Waals surface area contributed by atoms with Gasteiger partial charge in [-0.05, 0) is 12.5 Å². The Kier molecular flexibility index (Phi) is 9.55. The lowest BCUT2D eigenvalue weighted by Crippen LogP contribution is -2.33. The van der Waals surface area contributed by atoms with Crippen molar-refractivity contribution in [3.63, 3.8) is 0 Å². The van der Waals surface area contributed by atoms with Crippen molar-refractivity contribution in [2.75, 3.05) is 0 Å². The number of aliphatic imine (C=N–C) groups is 3. The summed E-state index contributed by atoms with van der Waals surface area (Å²) in [5.41, 5.74) is 10.3. The van der Waals surface area contributed by atoms with Crippen molar-refractivity contribution in [2.24, 2.45) is 25.8 Å². The molecule has 12 heteroatoms. The summed E-state index contributed by atoms with van der Waals surface area (Å²) in [7, 11) is 0. The highest BCUT2D eigenvalue weighted by molar-refractivity contribution is 5.89. The third kappa shape index (κ3) is 9.29. The minimum atomic E-state index is -0.131. The molecule has 0 spiro atoms. The molecule has 2 amide bonds. The van der Waals surface area contributed by atoms with Gasteiger partial charge >= 0.3 is 0 Å². The molecule has 0 aromatic rings. The largest absolute Gasteiger partial charge is 0.369 e. The first-order valence-electron chi connectivity index (χ1n) is 9.79. The number of hydrazone groups is 1. The average Bonchev–Trinajstić information content (AvgIpc) is 3.25. The summed E-state index contributed by atoms with van der Waals surface area (Å²) in [5, 5.41) is 14.3. The van der Waals surface area contributed by atoms with Gasteiger partial charge in [0, 0.05) is 50.0 Å². The Hall–Kier alpha value is -4.74. The SMILES string of the molecule is C=C1N=CC=CN1.C=C1NC(N)=NC2=C1N=CC2.C=C1NC=CC(=O)N1.O=C1CCC=NN1. The molecule has 0 aromatic heterocycles. The number of guanidine groups is 1. The van der Waals surface area contributed by atoms with Crippen LogP contribution in [-0.2, 0) is 9.59 Å². The van der Waals surface area contributed by atoms with Crippen LogP contribution in [-0.4, -0.2) is 36.4 Å². The van der Waals surface area contributed by atoms with E-state index in [0.29, 0.717) is 24.0 Å². The van der Waals surface area contributed by atoms with Gasteiger partial charge < -0.3 is 27.0 Å². The number of rotatable bonds is 0. The average molecular weight is 451 g/mol. The van der Waals surface area contributed by atoms with Gasteiger partial charge in [0.05, 0.1) is 11.4 Å². The van der Waals surface area contributed by atoms with E-state index in [0.717, 1.165) is 29.9 Å². The maximum atomic E-state index is 10.4. The zero-order chi connectivity index (χ0) is 24.1. The minimum absolute atomic E-state index is 0.0162. The van der Waals surface area contributed by atoms with Crippen LogP contribution < -0.4 is 32.4 Å². The van der Waals surface area contributed by atoms with E-state index in [4.69, 9.17) is 5.73 Å². The number of nitrogens with two attached hydrogens (primary N) is 1. The predicted molar refractivity (Wildman–Crippen MR) is 129 cm³/mol. The maximum absolute atomic E-state index is 10.4. The molecule has 0 unspecified atom stereocenters. The molecule has 0 saturated carbocycles. The Balaban J connectivity index is 0.000000159. The van der Waals surface area contributed by atoms with E-state index in [1.54, 1.807) is 31.0 Å². The predicted octanol–water partition coefficient (Wildman–Crippen LogP) is 0.322. The van der Waals surface area contributed by atoms with Crippen molar-refractivity contribution < 1.29 is 9.59 Å². The van der Waals surface area contributed by atoms with Gasteiger partial charge in [0.1, 0.15) is 17.3 Å². The molecule has 0 atom stereocenters. The standard InChI is InChI=1S/C7H8N4.C5H6N2O.C5H6N2.C4H6N2O/c1-4-6-5(2-3-9-6)11-7(8)10-4;1-4-6-3-2-5(8)7-4;1-5-6-3-2-4-7-5;7-4-2-1-3-5-6-4/h3H,1-2H2,(H3,8,10,11);2-3,6H,1H2,(H,7,8);2-4,6H,1H2;3H,1-2H2,(H,6,7). The summed E-state index contributed by atoms with van der Waals surface area (Å²) >= 11 is 0. The monoisotopic (exact) mass is 450 g/mol. The van der Waals surface area contributed by atoms with Crippen molar-refractivity contribution in [3.05, 3.63) is 73.0 Å². The smallest absolute Gasteiger partial charge is 0.250 e. The first kappa shape index (κ1) is 24.5. The van der Waals surface area contributed by atoms with E-state index in [2.05, 4.69) is 66.5 Å². The van der Waals surface area contributed by atoms with Gasteiger partial charge in [-0.3, -0.25) is 14.6 Å². The molecular formula is C21H26N10O2. The highest BCUT2D eigenvalue weighted by atomic mass is 16.2. The molecule has 12 nitrogen and oxygen atoms in total. The van der Waals surface area contributed by atoms with E-state index in [-0.39, 0.29) is 11.8 Å². The molecule has 0 aliphatic carbocycles. The van der Waals surface area contributed by atoms with E-state index in [1.165, 1.54) is 6.08 Å². The molecule has 7 N–H and O–H groups in total. The fourth-order valence-corrected chi connectivity index (χ4v) is 2.37. The fourth-order valence-electron chi connectivity index (χ4n) is 2.37.